The Hall–Kier alpha value is -2.10. The number of amides is 2. The molecule has 2 aromatic carbocycles. The molecular weight excluding hydrogens is 554 g/mol. The number of nitrogens with one attached hydrogen (secondary N) is 1. The number of carbonyl (C=O) groups excluding carboxylic acids is 2. The summed E-state index contributed by atoms with van der Waals surface area (Å²) < 4.78 is 27.2. The van der Waals surface area contributed by atoms with E-state index >= 15 is 0 Å². The normalized spacial score (nSPS) is 12.3. The van der Waals surface area contributed by atoms with Gasteiger partial charge in [0.15, 0.2) is 0 Å². The number of anilines is 1. The number of hydrogen-bond donors (Lipinski definition) is 1. The maximum Gasteiger partial charge on any atom is 0.242 e. The van der Waals surface area contributed by atoms with Crippen molar-refractivity contribution in [3.8, 4) is 0 Å². The average molecular weight is 587 g/mol. The zero-order chi connectivity index (χ0) is 26.3. The first-order valence-electron chi connectivity index (χ1n) is 11.4. The fraction of sp³-hybridized carbons (Fsp3) is 0.440. The van der Waals surface area contributed by atoms with Crippen LogP contribution in [-0.4, -0.2) is 50.0 Å². The summed E-state index contributed by atoms with van der Waals surface area (Å²) in [5, 5.41) is 3.33. The molecule has 0 aromatic heterocycles. The van der Waals surface area contributed by atoms with Crippen LogP contribution in [0.2, 0.25) is 5.02 Å². The van der Waals surface area contributed by atoms with E-state index in [1.165, 1.54) is 9.21 Å². The number of rotatable bonds is 11. The lowest BCUT2D eigenvalue weighted by atomic mass is 10.1. The van der Waals surface area contributed by atoms with Crippen LogP contribution >= 0.6 is 27.5 Å². The fourth-order valence-corrected chi connectivity index (χ4v) is 5.30. The molecule has 2 amide bonds. The summed E-state index contributed by atoms with van der Waals surface area (Å²) in [6.07, 6.45) is 1.50. The first kappa shape index (κ1) is 29.1. The third-order valence-electron chi connectivity index (χ3n) is 5.50. The van der Waals surface area contributed by atoms with E-state index in [-0.39, 0.29) is 43.8 Å². The highest BCUT2D eigenvalue weighted by Gasteiger charge is 2.27. The SMILES string of the molecule is Cc1c(Cl)cccc1N(CCCC(=O)N(Cc1cccc(Br)c1)[C@H](C)C(=O)NC(C)C)S(C)(=O)=O. The smallest absolute Gasteiger partial charge is 0.242 e. The number of carbonyl (C=O) groups is 2. The Kier molecular flexibility index (Phi) is 10.6. The van der Waals surface area contributed by atoms with Gasteiger partial charge in [0.05, 0.1) is 11.9 Å². The molecule has 7 nitrogen and oxygen atoms in total. The predicted octanol–water partition coefficient (Wildman–Crippen LogP) is 4.90. The summed E-state index contributed by atoms with van der Waals surface area (Å²) in [4.78, 5) is 27.5. The van der Waals surface area contributed by atoms with E-state index in [1.807, 2.05) is 38.1 Å². The van der Waals surface area contributed by atoms with Crippen LogP contribution in [0.5, 0.6) is 0 Å². The van der Waals surface area contributed by atoms with Crippen molar-refractivity contribution in [1.82, 2.24) is 10.2 Å². The highest BCUT2D eigenvalue weighted by molar-refractivity contribution is 9.10. The molecule has 0 spiro atoms. The molecule has 0 fully saturated rings. The van der Waals surface area contributed by atoms with Gasteiger partial charge in [-0.1, -0.05) is 45.7 Å². The third kappa shape index (κ3) is 8.51. The van der Waals surface area contributed by atoms with Gasteiger partial charge in [-0.2, -0.15) is 0 Å². The molecule has 0 aliphatic carbocycles. The summed E-state index contributed by atoms with van der Waals surface area (Å²) in [6.45, 7) is 7.56. The van der Waals surface area contributed by atoms with Gasteiger partial charge >= 0.3 is 0 Å². The van der Waals surface area contributed by atoms with E-state index in [1.54, 1.807) is 32.0 Å². The van der Waals surface area contributed by atoms with Crippen LogP contribution in [0.15, 0.2) is 46.9 Å². The molecule has 0 radical (unpaired) electrons. The van der Waals surface area contributed by atoms with Crippen molar-refractivity contribution in [2.45, 2.75) is 59.2 Å². The van der Waals surface area contributed by atoms with Gasteiger partial charge in [-0.15, -0.1) is 0 Å². The topological polar surface area (TPSA) is 86.8 Å². The second-order valence-corrected chi connectivity index (χ2v) is 12.0. The van der Waals surface area contributed by atoms with Gasteiger partial charge in [0, 0.05) is 35.0 Å². The molecule has 0 saturated heterocycles. The lowest BCUT2D eigenvalue weighted by molar-refractivity contribution is -0.140. The molecule has 2 rings (SSSR count). The van der Waals surface area contributed by atoms with Crippen LogP contribution in [0.25, 0.3) is 0 Å². The number of sulfonamides is 1. The van der Waals surface area contributed by atoms with Gasteiger partial charge in [0.2, 0.25) is 21.8 Å². The minimum Gasteiger partial charge on any atom is -0.352 e. The van der Waals surface area contributed by atoms with Gasteiger partial charge in [0.25, 0.3) is 0 Å². The van der Waals surface area contributed by atoms with Crippen LogP contribution in [-0.2, 0) is 26.2 Å². The summed E-state index contributed by atoms with van der Waals surface area (Å²) in [5.74, 6) is -0.469. The highest BCUT2D eigenvalue weighted by atomic mass is 79.9. The molecule has 1 N–H and O–H groups in total. The first-order valence-corrected chi connectivity index (χ1v) is 14.4. The quantitative estimate of drug-likeness (QED) is 0.406. The summed E-state index contributed by atoms with van der Waals surface area (Å²) in [5.41, 5.74) is 2.02. The highest BCUT2D eigenvalue weighted by Crippen LogP contribution is 2.28. The molecule has 2 aromatic rings. The Morgan fingerprint density at radius 2 is 1.77 bits per heavy atom. The molecule has 0 aliphatic rings. The van der Waals surface area contributed by atoms with Crippen molar-refractivity contribution in [2.24, 2.45) is 0 Å². The molecule has 192 valence electrons. The molecule has 0 bridgehead atoms. The third-order valence-corrected chi connectivity index (χ3v) is 7.58. The van der Waals surface area contributed by atoms with E-state index in [0.717, 1.165) is 16.3 Å². The van der Waals surface area contributed by atoms with Gasteiger partial charge in [0.1, 0.15) is 6.04 Å². The zero-order valence-electron chi connectivity index (χ0n) is 20.7. The number of nitrogens with zero attached hydrogens (tertiary/aromatic N) is 2. The number of benzene rings is 2. The molecular formula is C25H33BrClN3O4S. The Morgan fingerprint density at radius 1 is 1.11 bits per heavy atom. The molecule has 1 atom stereocenters. The second-order valence-electron chi connectivity index (χ2n) is 8.81. The molecule has 35 heavy (non-hydrogen) atoms. The number of halogens is 2. The van der Waals surface area contributed by atoms with Crippen molar-refractivity contribution in [3.05, 3.63) is 63.1 Å². The minimum atomic E-state index is -3.59. The van der Waals surface area contributed by atoms with Crippen molar-refractivity contribution < 1.29 is 18.0 Å². The van der Waals surface area contributed by atoms with E-state index in [4.69, 9.17) is 11.6 Å². The molecule has 0 saturated carbocycles. The van der Waals surface area contributed by atoms with E-state index in [2.05, 4.69) is 21.2 Å². The fourth-order valence-electron chi connectivity index (χ4n) is 3.67. The van der Waals surface area contributed by atoms with E-state index in [9.17, 15) is 18.0 Å². The molecule has 0 unspecified atom stereocenters. The van der Waals surface area contributed by atoms with Crippen LogP contribution in [0.3, 0.4) is 0 Å². The van der Waals surface area contributed by atoms with Crippen molar-refractivity contribution in [2.75, 3.05) is 17.1 Å². The van der Waals surface area contributed by atoms with Gasteiger partial charge < -0.3 is 10.2 Å². The summed E-state index contributed by atoms with van der Waals surface area (Å²) in [7, 11) is -3.59. The molecule has 10 heteroatoms. The van der Waals surface area contributed by atoms with Gasteiger partial charge in [-0.25, -0.2) is 8.42 Å². The maximum atomic E-state index is 13.3. The molecule has 0 heterocycles. The predicted molar refractivity (Wildman–Crippen MR) is 145 cm³/mol. The summed E-state index contributed by atoms with van der Waals surface area (Å²) in [6, 6.07) is 11.9. The number of hydrogen-bond acceptors (Lipinski definition) is 4. The summed E-state index contributed by atoms with van der Waals surface area (Å²) >= 11 is 9.64. The Balaban J connectivity index is 2.21. The standard InChI is InChI=1S/C25H33BrClN3O4S/c1-17(2)28-25(32)19(4)29(16-20-9-6-10-21(26)15-20)24(31)13-8-14-30(35(5,33)34)23-12-7-11-22(27)18(23)3/h6-7,9-12,15,17,19H,8,13-14,16H2,1-5H3,(H,28,32)/t19-/m1/s1. The van der Waals surface area contributed by atoms with Crippen LogP contribution < -0.4 is 9.62 Å². The van der Waals surface area contributed by atoms with E-state index in [0.29, 0.717) is 16.3 Å². The minimum absolute atomic E-state index is 0.0583. The zero-order valence-corrected chi connectivity index (χ0v) is 23.9. The maximum absolute atomic E-state index is 13.3. The monoisotopic (exact) mass is 585 g/mol. The van der Waals surface area contributed by atoms with Crippen LogP contribution in [0.1, 0.15) is 44.7 Å². The Labute approximate surface area is 222 Å². The first-order chi connectivity index (χ1) is 16.3. The lowest BCUT2D eigenvalue weighted by Gasteiger charge is -2.30. The second kappa shape index (κ2) is 12.7. The largest absolute Gasteiger partial charge is 0.352 e. The van der Waals surface area contributed by atoms with Gasteiger partial charge in [-0.05, 0) is 69.5 Å². The van der Waals surface area contributed by atoms with Crippen molar-refractivity contribution in [3.63, 3.8) is 0 Å². The lowest BCUT2D eigenvalue weighted by Crippen LogP contribution is -2.49. The van der Waals surface area contributed by atoms with Crippen LogP contribution in [0, 0.1) is 6.92 Å². The van der Waals surface area contributed by atoms with E-state index < -0.39 is 16.1 Å². The average Bonchev–Trinajstić information content (AvgIpc) is 2.75. The van der Waals surface area contributed by atoms with Crippen LogP contribution in [0.4, 0.5) is 5.69 Å². The Bertz CT molecular complexity index is 1160. The van der Waals surface area contributed by atoms with Crippen molar-refractivity contribution in [1.29, 1.82) is 0 Å². The van der Waals surface area contributed by atoms with Gasteiger partial charge in [-0.3, -0.25) is 13.9 Å². The molecule has 0 aliphatic heterocycles. The Morgan fingerprint density at radius 3 is 2.37 bits per heavy atom. The van der Waals surface area contributed by atoms with Crippen molar-refractivity contribution >= 4 is 55.1 Å².